The number of anilines is 1. The lowest BCUT2D eigenvalue weighted by Gasteiger charge is -1.98. The van der Waals surface area contributed by atoms with E-state index in [0.717, 1.165) is 21.2 Å². The molecule has 0 aliphatic carbocycles. The molecule has 1 heterocycles. The maximum absolute atomic E-state index is 3.86. The summed E-state index contributed by atoms with van der Waals surface area (Å²) < 4.78 is 0.793. The number of aromatic nitrogens is 2. The molecule has 3 nitrogen and oxygen atoms in total. The summed E-state index contributed by atoms with van der Waals surface area (Å²) in [5.41, 5.74) is 1.08. The molecule has 0 aliphatic rings. The van der Waals surface area contributed by atoms with Crippen LogP contribution in [0.2, 0.25) is 0 Å². The van der Waals surface area contributed by atoms with Crippen LogP contribution in [0.5, 0.6) is 0 Å². The Bertz CT molecular complexity index is 258. The molecule has 1 aromatic heterocycles. The average molecular weight is 234 g/mol. The van der Waals surface area contributed by atoms with E-state index in [4.69, 9.17) is 0 Å². The Balaban J connectivity index is 2.45. The lowest BCUT2D eigenvalue weighted by Crippen LogP contribution is -2.00. The van der Waals surface area contributed by atoms with Gasteiger partial charge in [-0.1, -0.05) is 23.5 Å². The predicted octanol–water partition coefficient (Wildman–Crippen LogP) is 2.29. The first-order chi connectivity index (χ1) is 5.18. The Morgan fingerprint density at radius 1 is 1.73 bits per heavy atom. The summed E-state index contributed by atoms with van der Waals surface area (Å²) in [4.78, 5) is 0. The van der Waals surface area contributed by atoms with Crippen LogP contribution in [0, 0.1) is 0 Å². The molecule has 0 aromatic carbocycles. The van der Waals surface area contributed by atoms with Crippen molar-refractivity contribution in [1.82, 2.24) is 10.2 Å². The number of hydrogen-bond donors (Lipinski definition) is 1. The van der Waals surface area contributed by atoms with Gasteiger partial charge >= 0.3 is 0 Å². The zero-order valence-electron chi connectivity index (χ0n) is 6.09. The van der Waals surface area contributed by atoms with E-state index in [9.17, 15) is 0 Å². The topological polar surface area (TPSA) is 37.8 Å². The van der Waals surface area contributed by atoms with Gasteiger partial charge < -0.3 is 5.32 Å². The van der Waals surface area contributed by atoms with E-state index >= 15 is 0 Å². The summed E-state index contributed by atoms with van der Waals surface area (Å²) in [6.07, 6.45) is 0. The molecule has 0 amide bonds. The molecule has 0 spiro atoms. The second kappa shape index (κ2) is 3.82. The summed E-state index contributed by atoms with van der Waals surface area (Å²) in [6, 6.07) is 0. The zero-order valence-corrected chi connectivity index (χ0v) is 8.50. The maximum Gasteiger partial charge on any atom is 0.206 e. The summed E-state index contributed by atoms with van der Waals surface area (Å²) in [5, 5.41) is 11.5. The summed E-state index contributed by atoms with van der Waals surface area (Å²) >= 11 is 4.69. The van der Waals surface area contributed by atoms with E-state index in [1.54, 1.807) is 0 Å². The maximum atomic E-state index is 3.86. The first kappa shape index (κ1) is 8.67. The van der Waals surface area contributed by atoms with Gasteiger partial charge in [-0.2, -0.15) is 0 Å². The molecule has 0 saturated heterocycles. The van der Waals surface area contributed by atoms with Gasteiger partial charge in [0, 0.05) is 6.54 Å². The molecule has 0 unspecified atom stereocenters. The van der Waals surface area contributed by atoms with Crippen LogP contribution in [0.4, 0.5) is 5.13 Å². The summed E-state index contributed by atoms with van der Waals surface area (Å²) in [7, 11) is 0. The van der Waals surface area contributed by atoms with Gasteiger partial charge in [-0.15, -0.1) is 10.2 Å². The molecule has 1 aromatic rings. The highest BCUT2D eigenvalue weighted by molar-refractivity contribution is 9.11. The Morgan fingerprint density at radius 2 is 2.45 bits per heavy atom. The first-order valence-corrected chi connectivity index (χ1v) is 4.66. The van der Waals surface area contributed by atoms with Crippen molar-refractivity contribution in [3.63, 3.8) is 0 Å². The molecule has 5 heteroatoms. The molecule has 0 atom stereocenters. The van der Waals surface area contributed by atoms with Crippen molar-refractivity contribution in [3.05, 3.63) is 16.1 Å². The Morgan fingerprint density at radius 3 is 2.91 bits per heavy atom. The van der Waals surface area contributed by atoms with Crippen LogP contribution < -0.4 is 5.32 Å². The molecule has 0 bridgehead atoms. The van der Waals surface area contributed by atoms with Gasteiger partial charge in [-0.05, 0) is 22.9 Å². The third kappa shape index (κ3) is 2.98. The highest BCUT2D eigenvalue weighted by atomic mass is 79.9. The molecule has 60 valence electrons. The van der Waals surface area contributed by atoms with Crippen LogP contribution in [-0.4, -0.2) is 16.7 Å². The van der Waals surface area contributed by atoms with Crippen LogP contribution in [0.25, 0.3) is 0 Å². The number of nitrogens with zero attached hydrogens (tertiary/aromatic N) is 2. The molecule has 0 saturated carbocycles. The third-order valence-electron chi connectivity index (χ3n) is 0.942. The molecule has 1 N–H and O–H groups in total. The van der Waals surface area contributed by atoms with Gasteiger partial charge in [-0.25, -0.2) is 0 Å². The summed E-state index contributed by atoms with van der Waals surface area (Å²) in [5.74, 6) is 0. The SMILES string of the molecule is C=C(C)CNc1nnc(Br)s1. The highest BCUT2D eigenvalue weighted by Gasteiger charge is 1.98. The first-order valence-electron chi connectivity index (χ1n) is 3.06. The Labute approximate surface area is 77.7 Å². The van der Waals surface area contributed by atoms with Crippen LogP contribution in [0.1, 0.15) is 6.92 Å². The fourth-order valence-corrected chi connectivity index (χ4v) is 1.51. The quantitative estimate of drug-likeness (QED) is 0.815. The number of halogens is 1. The predicted molar refractivity (Wildman–Crippen MR) is 50.9 cm³/mol. The highest BCUT2D eigenvalue weighted by Crippen LogP contribution is 2.19. The third-order valence-corrected chi connectivity index (χ3v) is 2.26. The van der Waals surface area contributed by atoms with E-state index in [1.165, 1.54) is 11.3 Å². The standard InChI is InChI=1S/C6H8BrN3S/c1-4(2)3-8-6-10-9-5(7)11-6/h1,3H2,2H3,(H,8,10). The number of nitrogens with one attached hydrogen (secondary N) is 1. The van der Waals surface area contributed by atoms with Crippen LogP contribution in [-0.2, 0) is 0 Å². The van der Waals surface area contributed by atoms with E-state index in [1.807, 2.05) is 6.92 Å². The lowest BCUT2D eigenvalue weighted by atomic mass is 10.4. The molecule has 0 radical (unpaired) electrons. The minimum absolute atomic E-state index is 0.752. The van der Waals surface area contributed by atoms with Crippen molar-refractivity contribution in [2.24, 2.45) is 0 Å². The molecule has 11 heavy (non-hydrogen) atoms. The molecular weight excluding hydrogens is 226 g/mol. The van der Waals surface area contributed by atoms with Crippen molar-refractivity contribution in [3.8, 4) is 0 Å². The van der Waals surface area contributed by atoms with Crippen molar-refractivity contribution < 1.29 is 0 Å². The van der Waals surface area contributed by atoms with Crippen molar-refractivity contribution in [2.45, 2.75) is 6.92 Å². The molecular formula is C6H8BrN3S. The average Bonchev–Trinajstić information content (AvgIpc) is 2.31. The van der Waals surface area contributed by atoms with Crippen LogP contribution in [0.3, 0.4) is 0 Å². The zero-order chi connectivity index (χ0) is 8.27. The minimum atomic E-state index is 0.752. The van der Waals surface area contributed by atoms with Gasteiger partial charge in [0.25, 0.3) is 0 Å². The van der Waals surface area contributed by atoms with Crippen molar-refractivity contribution >= 4 is 32.4 Å². The van der Waals surface area contributed by atoms with Crippen molar-refractivity contribution in [1.29, 1.82) is 0 Å². The smallest absolute Gasteiger partial charge is 0.206 e. The number of rotatable bonds is 3. The Kier molecular flexibility index (Phi) is 3.02. The number of hydrogen-bond acceptors (Lipinski definition) is 4. The van der Waals surface area contributed by atoms with Gasteiger partial charge in [0.05, 0.1) is 0 Å². The van der Waals surface area contributed by atoms with E-state index in [2.05, 4.69) is 38.0 Å². The Hall–Kier alpha value is -0.420. The molecule has 0 aliphatic heterocycles. The largest absolute Gasteiger partial charge is 0.356 e. The second-order valence-electron chi connectivity index (χ2n) is 2.17. The molecule has 0 fully saturated rings. The van der Waals surface area contributed by atoms with Crippen LogP contribution >= 0.6 is 27.3 Å². The summed E-state index contributed by atoms with van der Waals surface area (Å²) in [6.45, 7) is 6.47. The van der Waals surface area contributed by atoms with Gasteiger partial charge in [0.2, 0.25) is 5.13 Å². The van der Waals surface area contributed by atoms with E-state index in [0.29, 0.717) is 0 Å². The monoisotopic (exact) mass is 233 g/mol. The second-order valence-corrected chi connectivity index (χ2v) is 4.42. The van der Waals surface area contributed by atoms with Crippen LogP contribution in [0.15, 0.2) is 16.1 Å². The normalized spacial score (nSPS) is 9.64. The van der Waals surface area contributed by atoms with Gasteiger partial charge in [0.1, 0.15) is 0 Å². The fraction of sp³-hybridized carbons (Fsp3) is 0.333. The van der Waals surface area contributed by atoms with Gasteiger partial charge in [0.15, 0.2) is 3.92 Å². The minimum Gasteiger partial charge on any atom is -0.356 e. The molecule has 1 rings (SSSR count). The lowest BCUT2D eigenvalue weighted by molar-refractivity contribution is 1.05. The fourth-order valence-electron chi connectivity index (χ4n) is 0.503. The van der Waals surface area contributed by atoms with E-state index in [-0.39, 0.29) is 0 Å². The van der Waals surface area contributed by atoms with Crippen molar-refractivity contribution in [2.75, 3.05) is 11.9 Å². The van der Waals surface area contributed by atoms with Gasteiger partial charge in [-0.3, -0.25) is 0 Å². The van der Waals surface area contributed by atoms with E-state index < -0.39 is 0 Å².